The van der Waals surface area contributed by atoms with Crippen molar-refractivity contribution in [1.82, 2.24) is 0 Å². The SMILES string of the molecule is CCCC(C)OP=O. The van der Waals surface area contributed by atoms with Crippen LogP contribution < -0.4 is 0 Å². The molecular weight excluding hydrogens is 123 g/mol. The van der Waals surface area contributed by atoms with Crippen LogP contribution in [0.4, 0.5) is 0 Å². The molecule has 0 amide bonds. The average Bonchev–Trinajstić information content (AvgIpc) is 1.68. The molecule has 0 aliphatic rings. The highest BCUT2D eigenvalue weighted by Crippen LogP contribution is 2.06. The van der Waals surface area contributed by atoms with Gasteiger partial charge in [0, 0.05) is 0 Å². The van der Waals surface area contributed by atoms with Crippen LogP contribution in [0.25, 0.3) is 0 Å². The molecule has 0 aromatic rings. The second-order valence-electron chi connectivity index (χ2n) is 1.78. The molecule has 0 aromatic heterocycles. The molecule has 0 saturated carbocycles. The molecule has 48 valence electrons. The van der Waals surface area contributed by atoms with E-state index in [0.717, 1.165) is 12.8 Å². The third-order valence-electron chi connectivity index (χ3n) is 0.918. The summed E-state index contributed by atoms with van der Waals surface area (Å²) in [6.07, 6.45) is 2.20. The Balaban J connectivity index is 3.03. The minimum absolute atomic E-state index is 0.138. The van der Waals surface area contributed by atoms with E-state index in [9.17, 15) is 4.57 Å². The molecule has 0 spiro atoms. The third kappa shape index (κ3) is 4.23. The molecule has 0 N–H and O–H groups in total. The summed E-state index contributed by atoms with van der Waals surface area (Å²) in [7, 11) is -0.201. The lowest BCUT2D eigenvalue weighted by molar-refractivity contribution is 0.232. The number of hydrogen-bond acceptors (Lipinski definition) is 2. The largest absolute Gasteiger partial charge is 0.327 e. The fraction of sp³-hybridized carbons (Fsp3) is 1.00. The van der Waals surface area contributed by atoms with E-state index in [2.05, 4.69) is 6.92 Å². The average molecular weight is 134 g/mol. The Hall–Kier alpha value is 0.0600. The van der Waals surface area contributed by atoms with Gasteiger partial charge in [-0.3, -0.25) is 4.52 Å². The minimum atomic E-state index is -0.201. The van der Waals surface area contributed by atoms with Crippen LogP contribution in [-0.2, 0) is 9.09 Å². The van der Waals surface area contributed by atoms with Crippen molar-refractivity contribution in [3.63, 3.8) is 0 Å². The fourth-order valence-corrected chi connectivity index (χ4v) is 0.785. The van der Waals surface area contributed by atoms with E-state index in [1.165, 1.54) is 0 Å². The van der Waals surface area contributed by atoms with E-state index in [1.54, 1.807) is 0 Å². The van der Waals surface area contributed by atoms with Crippen LogP contribution in [0.3, 0.4) is 0 Å². The van der Waals surface area contributed by atoms with Gasteiger partial charge in [-0.1, -0.05) is 13.3 Å². The van der Waals surface area contributed by atoms with Crippen molar-refractivity contribution in [3.8, 4) is 0 Å². The van der Waals surface area contributed by atoms with Crippen LogP contribution in [0.15, 0.2) is 0 Å². The summed E-state index contributed by atoms with van der Waals surface area (Å²) in [4.78, 5) is 0. The van der Waals surface area contributed by atoms with Gasteiger partial charge in [0.2, 0.25) is 0 Å². The van der Waals surface area contributed by atoms with Gasteiger partial charge in [-0.15, -0.1) is 0 Å². The van der Waals surface area contributed by atoms with Crippen LogP contribution in [-0.4, -0.2) is 6.10 Å². The summed E-state index contributed by atoms with van der Waals surface area (Å²) < 4.78 is 14.5. The summed E-state index contributed by atoms with van der Waals surface area (Å²) in [5, 5.41) is 0. The normalized spacial score (nSPS) is 14.2. The van der Waals surface area contributed by atoms with Crippen molar-refractivity contribution < 1.29 is 9.09 Å². The van der Waals surface area contributed by atoms with Gasteiger partial charge in [0.05, 0.1) is 6.10 Å². The zero-order valence-electron chi connectivity index (χ0n) is 5.26. The van der Waals surface area contributed by atoms with Gasteiger partial charge in [-0.05, 0) is 13.3 Å². The van der Waals surface area contributed by atoms with Crippen molar-refractivity contribution in [2.75, 3.05) is 0 Å². The van der Waals surface area contributed by atoms with Crippen LogP contribution in [0.5, 0.6) is 0 Å². The molecule has 0 saturated heterocycles. The molecule has 0 aliphatic carbocycles. The van der Waals surface area contributed by atoms with Gasteiger partial charge in [0.1, 0.15) is 0 Å². The van der Waals surface area contributed by atoms with E-state index in [1.807, 2.05) is 6.92 Å². The van der Waals surface area contributed by atoms with Crippen LogP contribution in [0.1, 0.15) is 26.7 Å². The molecule has 0 heterocycles. The highest BCUT2D eigenvalue weighted by Gasteiger charge is 1.97. The van der Waals surface area contributed by atoms with E-state index in [0.29, 0.717) is 0 Å². The molecular formula is C5H11O2P. The lowest BCUT2D eigenvalue weighted by Crippen LogP contribution is -1.98. The predicted molar refractivity (Wildman–Crippen MR) is 33.1 cm³/mol. The Morgan fingerprint density at radius 1 is 1.75 bits per heavy atom. The Morgan fingerprint density at radius 2 is 2.38 bits per heavy atom. The van der Waals surface area contributed by atoms with E-state index >= 15 is 0 Å². The fourth-order valence-electron chi connectivity index (χ4n) is 0.533. The topological polar surface area (TPSA) is 26.3 Å². The summed E-state index contributed by atoms with van der Waals surface area (Å²) >= 11 is 0. The lowest BCUT2D eigenvalue weighted by atomic mass is 10.2. The van der Waals surface area contributed by atoms with Gasteiger partial charge in [0.25, 0.3) is 0 Å². The lowest BCUT2D eigenvalue weighted by Gasteiger charge is -2.01. The highest BCUT2D eigenvalue weighted by atomic mass is 31.1. The molecule has 0 bridgehead atoms. The second-order valence-corrected chi connectivity index (χ2v) is 2.14. The smallest absolute Gasteiger partial charge is 0.291 e. The van der Waals surface area contributed by atoms with Gasteiger partial charge in [-0.25, -0.2) is 4.57 Å². The maximum Gasteiger partial charge on any atom is 0.327 e. The molecule has 0 rings (SSSR count). The van der Waals surface area contributed by atoms with E-state index < -0.39 is 0 Å². The van der Waals surface area contributed by atoms with Crippen LogP contribution in [0, 0.1) is 0 Å². The molecule has 2 nitrogen and oxygen atoms in total. The van der Waals surface area contributed by atoms with Gasteiger partial charge in [0.15, 0.2) is 0 Å². The van der Waals surface area contributed by atoms with Crippen molar-refractivity contribution in [2.45, 2.75) is 32.8 Å². The minimum Gasteiger partial charge on any atom is -0.291 e. The van der Waals surface area contributed by atoms with Gasteiger partial charge < -0.3 is 0 Å². The molecule has 1 unspecified atom stereocenters. The first-order valence-corrected chi connectivity index (χ1v) is 3.52. The van der Waals surface area contributed by atoms with Crippen LogP contribution >= 0.6 is 8.69 Å². The monoisotopic (exact) mass is 134 g/mol. The summed E-state index contributed by atoms with van der Waals surface area (Å²) in [6, 6.07) is 0. The first kappa shape index (κ1) is 8.06. The van der Waals surface area contributed by atoms with Crippen LogP contribution in [0.2, 0.25) is 0 Å². The van der Waals surface area contributed by atoms with Gasteiger partial charge >= 0.3 is 8.69 Å². The summed E-state index contributed by atoms with van der Waals surface area (Å²) in [5.74, 6) is 0. The van der Waals surface area contributed by atoms with Crippen molar-refractivity contribution in [3.05, 3.63) is 0 Å². The Bertz CT molecular complexity index is 65.4. The molecule has 1 atom stereocenters. The van der Waals surface area contributed by atoms with Crippen molar-refractivity contribution >= 4 is 8.69 Å². The van der Waals surface area contributed by atoms with E-state index in [-0.39, 0.29) is 14.8 Å². The maximum atomic E-state index is 9.77. The molecule has 0 aromatic carbocycles. The first-order chi connectivity index (χ1) is 3.81. The standard InChI is InChI=1S/C5H11O2P/c1-3-4-5(2)7-8-6/h5H,3-4H2,1-2H3. The van der Waals surface area contributed by atoms with Crippen molar-refractivity contribution in [1.29, 1.82) is 0 Å². The molecule has 0 radical (unpaired) electrons. The number of rotatable bonds is 4. The number of hydrogen-bond donors (Lipinski definition) is 0. The third-order valence-corrected chi connectivity index (χ3v) is 1.36. The summed E-state index contributed by atoms with van der Waals surface area (Å²) in [5.41, 5.74) is 0. The first-order valence-electron chi connectivity index (χ1n) is 2.79. The van der Waals surface area contributed by atoms with Crippen molar-refractivity contribution in [2.24, 2.45) is 0 Å². The van der Waals surface area contributed by atoms with E-state index in [4.69, 9.17) is 4.52 Å². The molecule has 0 fully saturated rings. The highest BCUT2D eigenvalue weighted by molar-refractivity contribution is 7.17. The predicted octanol–water partition coefficient (Wildman–Crippen LogP) is 2.40. The molecule has 3 heteroatoms. The quantitative estimate of drug-likeness (QED) is 0.552. The molecule has 8 heavy (non-hydrogen) atoms. The zero-order valence-corrected chi connectivity index (χ0v) is 6.15. The maximum absolute atomic E-state index is 9.77. The zero-order chi connectivity index (χ0) is 6.41. The second kappa shape index (κ2) is 5.20. The van der Waals surface area contributed by atoms with Gasteiger partial charge in [-0.2, -0.15) is 0 Å². The summed E-state index contributed by atoms with van der Waals surface area (Å²) in [6.45, 7) is 3.98. The Morgan fingerprint density at radius 3 is 2.75 bits per heavy atom. The Labute approximate surface area is 51.5 Å². The Kier molecular flexibility index (Phi) is 5.24. The molecule has 0 aliphatic heterocycles.